The zero-order valence-corrected chi connectivity index (χ0v) is 12.2. The minimum atomic E-state index is -0.493. The van der Waals surface area contributed by atoms with Crippen molar-refractivity contribution in [1.29, 1.82) is 0 Å². The molecule has 1 aliphatic rings. The molecule has 1 heterocycles. The average Bonchev–Trinajstić information content (AvgIpc) is 2.90. The van der Waals surface area contributed by atoms with Gasteiger partial charge in [0, 0.05) is 25.2 Å². The summed E-state index contributed by atoms with van der Waals surface area (Å²) < 4.78 is 13.5. The first-order chi connectivity index (χ1) is 9.95. The van der Waals surface area contributed by atoms with E-state index in [-0.39, 0.29) is 23.6 Å². The van der Waals surface area contributed by atoms with E-state index in [2.05, 4.69) is 10.2 Å². The van der Waals surface area contributed by atoms with Crippen molar-refractivity contribution in [3.8, 4) is 0 Å². The SMILES string of the molecule is CC(O)C1CCN(CCC(=O)Nc2cc(N)ccc2F)C1. The fraction of sp³-hybridized carbons (Fsp3) is 0.533. The van der Waals surface area contributed by atoms with Crippen LogP contribution in [0.5, 0.6) is 0 Å². The molecule has 0 bridgehead atoms. The van der Waals surface area contributed by atoms with Gasteiger partial charge >= 0.3 is 0 Å². The number of rotatable bonds is 5. The molecule has 116 valence electrons. The maximum absolute atomic E-state index is 13.5. The Labute approximate surface area is 123 Å². The van der Waals surface area contributed by atoms with E-state index >= 15 is 0 Å². The van der Waals surface area contributed by atoms with Crippen molar-refractivity contribution in [2.45, 2.75) is 25.9 Å². The number of hydrogen-bond acceptors (Lipinski definition) is 4. The molecule has 1 aliphatic heterocycles. The van der Waals surface area contributed by atoms with Crippen LogP contribution in [0.3, 0.4) is 0 Å². The van der Waals surface area contributed by atoms with E-state index in [4.69, 9.17) is 5.73 Å². The number of carbonyl (C=O) groups is 1. The molecule has 1 amide bonds. The Bertz CT molecular complexity index is 508. The summed E-state index contributed by atoms with van der Waals surface area (Å²) in [4.78, 5) is 14.0. The Balaban J connectivity index is 1.79. The molecule has 0 aliphatic carbocycles. The molecule has 5 nitrogen and oxygen atoms in total. The minimum Gasteiger partial charge on any atom is -0.399 e. The van der Waals surface area contributed by atoms with Gasteiger partial charge in [-0.25, -0.2) is 4.39 Å². The summed E-state index contributed by atoms with van der Waals surface area (Å²) >= 11 is 0. The number of nitrogens with zero attached hydrogens (tertiary/aromatic N) is 1. The van der Waals surface area contributed by atoms with Crippen LogP contribution in [-0.2, 0) is 4.79 Å². The maximum atomic E-state index is 13.5. The van der Waals surface area contributed by atoms with E-state index in [0.29, 0.717) is 18.7 Å². The van der Waals surface area contributed by atoms with Crippen LogP contribution in [0, 0.1) is 11.7 Å². The predicted molar refractivity (Wildman–Crippen MR) is 80.3 cm³/mol. The highest BCUT2D eigenvalue weighted by atomic mass is 19.1. The van der Waals surface area contributed by atoms with Crippen molar-refractivity contribution < 1.29 is 14.3 Å². The number of carbonyl (C=O) groups excluding carboxylic acids is 1. The van der Waals surface area contributed by atoms with Gasteiger partial charge in [-0.05, 0) is 44.0 Å². The van der Waals surface area contributed by atoms with E-state index < -0.39 is 5.82 Å². The highest BCUT2D eigenvalue weighted by Crippen LogP contribution is 2.20. The Morgan fingerprint density at radius 1 is 1.62 bits per heavy atom. The van der Waals surface area contributed by atoms with Crippen LogP contribution in [0.1, 0.15) is 19.8 Å². The van der Waals surface area contributed by atoms with Crippen LogP contribution < -0.4 is 11.1 Å². The lowest BCUT2D eigenvalue weighted by atomic mass is 10.0. The van der Waals surface area contributed by atoms with Crippen molar-refractivity contribution in [2.75, 3.05) is 30.7 Å². The van der Waals surface area contributed by atoms with Crippen molar-refractivity contribution in [3.05, 3.63) is 24.0 Å². The lowest BCUT2D eigenvalue weighted by Crippen LogP contribution is -2.28. The molecule has 1 fully saturated rings. The van der Waals surface area contributed by atoms with Crippen LogP contribution in [0.25, 0.3) is 0 Å². The smallest absolute Gasteiger partial charge is 0.225 e. The highest BCUT2D eigenvalue weighted by molar-refractivity contribution is 5.91. The summed E-state index contributed by atoms with van der Waals surface area (Å²) in [5.74, 6) is -0.452. The second-order valence-electron chi connectivity index (χ2n) is 5.63. The van der Waals surface area contributed by atoms with Gasteiger partial charge in [0.15, 0.2) is 0 Å². The Kier molecular flexibility index (Phi) is 5.14. The highest BCUT2D eigenvalue weighted by Gasteiger charge is 2.25. The quantitative estimate of drug-likeness (QED) is 0.718. The molecule has 0 saturated carbocycles. The zero-order valence-electron chi connectivity index (χ0n) is 12.2. The number of nitrogens with one attached hydrogen (secondary N) is 1. The molecule has 2 atom stereocenters. The number of hydrogen-bond donors (Lipinski definition) is 3. The Morgan fingerprint density at radius 3 is 3.05 bits per heavy atom. The third-order valence-electron chi connectivity index (χ3n) is 3.91. The lowest BCUT2D eigenvalue weighted by molar-refractivity contribution is -0.116. The maximum Gasteiger partial charge on any atom is 0.225 e. The molecule has 1 aromatic rings. The standard InChI is InChI=1S/C15H22FN3O2/c1-10(20)11-4-6-19(9-11)7-5-15(21)18-14-8-12(17)2-3-13(14)16/h2-3,8,10-11,20H,4-7,9,17H2,1H3,(H,18,21). The number of nitrogen functional groups attached to an aromatic ring is 1. The molecular formula is C15H22FN3O2. The number of aliphatic hydroxyl groups is 1. The topological polar surface area (TPSA) is 78.6 Å². The molecule has 21 heavy (non-hydrogen) atoms. The van der Waals surface area contributed by atoms with Gasteiger partial charge in [0.05, 0.1) is 11.8 Å². The van der Waals surface area contributed by atoms with E-state index in [9.17, 15) is 14.3 Å². The molecule has 6 heteroatoms. The molecular weight excluding hydrogens is 273 g/mol. The molecule has 0 aromatic heterocycles. The van der Waals surface area contributed by atoms with Crippen LogP contribution in [0.15, 0.2) is 18.2 Å². The van der Waals surface area contributed by atoms with Crippen LogP contribution >= 0.6 is 0 Å². The Hall–Kier alpha value is -1.66. The van der Waals surface area contributed by atoms with Gasteiger partial charge in [-0.15, -0.1) is 0 Å². The number of aliphatic hydroxyl groups excluding tert-OH is 1. The molecule has 0 radical (unpaired) electrons. The van der Waals surface area contributed by atoms with Gasteiger partial charge in [-0.1, -0.05) is 0 Å². The van der Waals surface area contributed by atoms with Crippen molar-refractivity contribution in [2.24, 2.45) is 5.92 Å². The summed E-state index contributed by atoms with van der Waals surface area (Å²) in [6.45, 7) is 4.09. The van der Waals surface area contributed by atoms with Gasteiger partial charge in [-0.2, -0.15) is 0 Å². The monoisotopic (exact) mass is 295 g/mol. The molecule has 4 N–H and O–H groups in total. The van der Waals surface area contributed by atoms with Crippen LogP contribution in [-0.4, -0.2) is 41.7 Å². The minimum absolute atomic E-state index is 0.114. The third-order valence-corrected chi connectivity index (χ3v) is 3.91. The summed E-state index contributed by atoms with van der Waals surface area (Å²) in [5, 5.41) is 12.1. The van der Waals surface area contributed by atoms with Gasteiger partial charge < -0.3 is 21.1 Å². The van der Waals surface area contributed by atoms with Gasteiger partial charge in [-0.3, -0.25) is 4.79 Å². The molecule has 0 spiro atoms. The second-order valence-corrected chi connectivity index (χ2v) is 5.63. The molecule has 2 rings (SSSR count). The summed E-state index contributed by atoms with van der Waals surface area (Å²) in [6, 6.07) is 4.09. The number of benzene rings is 1. The first kappa shape index (κ1) is 15.7. The van der Waals surface area contributed by atoms with E-state index in [1.54, 1.807) is 6.92 Å². The first-order valence-corrected chi connectivity index (χ1v) is 7.21. The molecule has 1 aromatic carbocycles. The number of likely N-dealkylation sites (tertiary alicyclic amines) is 1. The number of anilines is 2. The summed E-state index contributed by atoms with van der Waals surface area (Å²) in [5.41, 5.74) is 6.09. The number of halogens is 1. The van der Waals surface area contributed by atoms with Crippen LogP contribution in [0.2, 0.25) is 0 Å². The largest absolute Gasteiger partial charge is 0.399 e. The summed E-state index contributed by atoms with van der Waals surface area (Å²) in [7, 11) is 0. The lowest BCUT2D eigenvalue weighted by Gasteiger charge is -2.17. The third kappa shape index (κ3) is 4.41. The summed E-state index contributed by atoms with van der Waals surface area (Å²) in [6.07, 6.45) is 0.925. The average molecular weight is 295 g/mol. The van der Waals surface area contributed by atoms with Gasteiger partial charge in [0.25, 0.3) is 0 Å². The van der Waals surface area contributed by atoms with E-state index in [1.165, 1.54) is 18.2 Å². The first-order valence-electron chi connectivity index (χ1n) is 7.21. The predicted octanol–water partition coefficient (Wildman–Crippen LogP) is 1.44. The van der Waals surface area contributed by atoms with E-state index in [1.807, 2.05) is 0 Å². The fourth-order valence-electron chi connectivity index (χ4n) is 2.57. The number of nitrogens with two attached hydrogens (primary N) is 1. The number of amides is 1. The van der Waals surface area contributed by atoms with Crippen LogP contribution in [0.4, 0.5) is 15.8 Å². The van der Waals surface area contributed by atoms with Crippen molar-refractivity contribution >= 4 is 17.3 Å². The van der Waals surface area contributed by atoms with Crippen molar-refractivity contribution in [1.82, 2.24) is 4.90 Å². The zero-order chi connectivity index (χ0) is 15.4. The Morgan fingerprint density at radius 2 is 2.38 bits per heavy atom. The normalized spacial score (nSPS) is 20.4. The second kappa shape index (κ2) is 6.87. The fourth-order valence-corrected chi connectivity index (χ4v) is 2.57. The molecule has 1 saturated heterocycles. The molecule has 2 unspecified atom stereocenters. The van der Waals surface area contributed by atoms with Crippen molar-refractivity contribution in [3.63, 3.8) is 0 Å². The van der Waals surface area contributed by atoms with E-state index in [0.717, 1.165) is 19.5 Å². The van der Waals surface area contributed by atoms with Gasteiger partial charge in [0.1, 0.15) is 5.82 Å². The van der Waals surface area contributed by atoms with Gasteiger partial charge in [0.2, 0.25) is 5.91 Å².